The molecule has 4 aromatic rings. The molecule has 0 atom stereocenters. The third-order valence-corrected chi connectivity index (χ3v) is 5.29. The van der Waals surface area contributed by atoms with E-state index in [1.165, 1.54) is 6.39 Å². The Morgan fingerprint density at radius 3 is 2.74 bits per heavy atom. The molecule has 0 aliphatic heterocycles. The maximum Gasteiger partial charge on any atom is 0.257 e. The second-order valence-corrected chi connectivity index (χ2v) is 7.00. The molecule has 0 aliphatic rings. The van der Waals surface area contributed by atoms with Crippen LogP contribution >= 0.6 is 11.3 Å². The number of pyridine rings is 2. The van der Waals surface area contributed by atoms with Crippen LogP contribution in [0, 0.1) is 13.8 Å². The summed E-state index contributed by atoms with van der Waals surface area (Å²) >= 11 is 1.56. The van der Waals surface area contributed by atoms with E-state index >= 15 is 0 Å². The van der Waals surface area contributed by atoms with Gasteiger partial charge in [0.05, 0.1) is 4.88 Å². The van der Waals surface area contributed by atoms with Gasteiger partial charge in [0, 0.05) is 34.6 Å². The van der Waals surface area contributed by atoms with Gasteiger partial charge < -0.3 is 9.73 Å². The zero-order valence-electron chi connectivity index (χ0n) is 14.6. The number of amides is 1. The highest BCUT2D eigenvalue weighted by Crippen LogP contribution is 2.36. The molecule has 4 heterocycles. The Kier molecular flexibility index (Phi) is 4.47. The van der Waals surface area contributed by atoms with Crippen molar-refractivity contribution in [1.29, 1.82) is 0 Å². The molecule has 27 heavy (non-hydrogen) atoms. The van der Waals surface area contributed by atoms with Crippen molar-refractivity contribution in [3.8, 4) is 21.2 Å². The van der Waals surface area contributed by atoms with E-state index in [-0.39, 0.29) is 5.91 Å². The summed E-state index contributed by atoms with van der Waals surface area (Å²) in [6.45, 7) is 3.87. The molecule has 0 unspecified atom stereocenters. The van der Waals surface area contributed by atoms with Crippen LogP contribution in [-0.4, -0.2) is 26.1 Å². The van der Waals surface area contributed by atoms with Crippen molar-refractivity contribution in [1.82, 2.24) is 20.2 Å². The molecular weight excluding hydrogens is 362 g/mol. The van der Waals surface area contributed by atoms with Crippen molar-refractivity contribution in [3.05, 3.63) is 65.9 Å². The lowest BCUT2D eigenvalue weighted by Crippen LogP contribution is -2.14. The van der Waals surface area contributed by atoms with Crippen LogP contribution in [0.4, 0.5) is 5.82 Å². The van der Waals surface area contributed by atoms with Crippen LogP contribution in [0.1, 0.15) is 21.5 Å². The van der Waals surface area contributed by atoms with Crippen LogP contribution in [0.2, 0.25) is 0 Å². The molecule has 0 spiro atoms. The Hall–Kier alpha value is -3.39. The highest BCUT2D eigenvalue weighted by molar-refractivity contribution is 7.19. The molecular formula is C19H15N5O2S. The topological polar surface area (TPSA) is 93.8 Å². The summed E-state index contributed by atoms with van der Waals surface area (Å²) in [6, 6.07) is 7.41. The van der Waals surface area contributed by atoms with Crippen LogP contribution in [0.15, 0.2) is 53.7 Å². The minimum absolute atomic E-state index is 0.207. The Balaban J connectivity index is 1.55. The number of hydrogen-bond acceptors (Lipinski definition) is 7. The van der Waals surface area contributed by atoms with Crippen molar-refractivity contribution in [3.63, 3.8) is 0 Å². The SMILES string of the molecule is Cc1cnccc1C(=O)Nc1ccc(-c2sc(-c3nnco3)cc2C)cn1. The molecule has 1 N–H and O–H groups in total. The van der Waals surface area contributed by atoms with E-state index in [9.17, 15) is 4.79 Å². The third kappa shape index (κ3) is 3.47. The second-order valence-electron chi connectivity index (χ2n) is 5.94. The maximum absolute atomic E-state index is 12.4. The van der Waals surface area contributed by atoms with Crippen LogP contribution in [0.3, 0.4) is 0 Å². The fraction of sp³-hybridized carbons (Fsp3) is 0.105. The van der Waals surface area contributed by atoms with Crippen LogP contribution in [0.25, 0.3) is 21.2 Å². The standard InChI is InChI=1S/C19H15N5O2S/c1-11-7-15(19-24-22-10-26-19)27-17(11)13-3-4-16(21-9-13)23-18(25)14-5-6-20-8-12(14)2/h3-10H,1-2H3,(H,21,23,25). The predicted octanol–water partition coefficient (Wildman–Crippen LogP) is 4.12. The van der Waals surface area contributed by atoms with Gasteiger partial charge in [0.1, 0.15) is 5.82 Å². The molecule has 0 aromatic carbocycles. The van der Waals surface area contributed by atoms with Gasteiger partial charge >= 0.3 is 0 Å². The first kappa shape index (κ1) is 17.0. The van der Waals surface area contributed by atoms with Gasteiger partial charge in [0.25, 0.3) is 11.8 Å². The van der Waals surface area contributed by atoms with Gasteiger partial charge in [-0.1, -0.05) is 0 Å². The monoisotopic (exact) mass is 377 g/mol. The first-order valence-corrected chi connectivity index (χ1v) is 8.99. The summed E-state index contributed by atoms with van der Waals surface area (Å²) < 4.78 is 5.26. The van der Waals surface area contributed by atoms with E-state index in [4.69, 9.17) is 4.42 Å². The molecule has 4 aromatic heterocycles. The summed E-state index contributed by atoms with van der Waals surface area (Å²) in [7, 11) is 0. The Bertz CT molecular complexity index is 1090. The summed E-state index contributed by atoms with van der Waals surface area (Å²) in [5, 5.41) is 10.5. The van der Waals surface area contributed by atoms with Crippen molar-refractivity contribution in [2.45, 2.75) is 13.8 Å². The Morgan fingerprint density at radius 1 is 1.15 bits per heavy atom. The van der Waals surface area contributed by atoms with Gasteiger partial charge in [0.2, 0.25) is 6.39 Å². The lowest BCUT2D eigenvalue weighted by atomic mass is 10.1. The molecule has 7 nitrogen and oxygen atoms in total. The largest absolute Gasteiger partial charge is 0.423 e. The first-order valence-electron chi connectivity index (χ1n) is 8.17. The number of rotatable bonds is 4. The normalized spacial score (nSPS) is 10.7. The number of carbonyl (C=O) groups is 1. The minimum Gasteiger partial charge on any atom is -0.423 e. The van der Waals surface area contributed by atoms with E-state index in [1.54, 1.807) is 42.1 Å². The molecule has 0 saturated heterocycles. The zero-order valence-corrected chi connectivity index (χ0v) is 15.4. The first-order chi connectivity index (χ1) is 13.1. The molecule has 1 amide bonds. The second kappa shape index (κ2) is 7.08. The molecule has 0 aliphatic carbocycles. The highest BCUT2D eigenvalue weighted by Gasteiger charge is 2.14. The van der Waals surface area contributed by atoms with Crippen molar-refractivity contribution < 1.29 is 9.21 Å². The van der Waals surface area contributed by atoms with Crippen molar-refractivity contribution in [2.75, 3.05) is 5.32 Å². The molecule has 0 fully saturated rings. The van der Waals surface area contributed by atoms with E-state index in [1.807, 2.05) is 26.0 Å². The Morgan fingerprint density at radius 2 is 2.04 bits per heavy atom. The van der Waals surface area contributed by atoms with Crippen molar-refractivity contribution >= 4 is 23.1 Å². The van der Waals surface area contributed by atoms with E-state index in [0.29, 0.717) is 17.3 Å². The number of aryl methyl sites for hydroxylation is 2. The summed E-state index contributed by atoms with van der Waals surface area (Å²) in [6.07, 6.45) is 6.31. The summed E-state index contributed by atoms with van der Waals surface area (Å²) in [4.78, 5) is 22.7. The number of aromatic nitrogens is 4. The summed E-state index contributed by atoms with van der Waals surface area (Å²) in [5.74, 6) is 0.784. The van der Waals surface area contributed by atoms with Crippen molar-refractivity contribution in [2.24, 2.45) is 0 Å². The van der Waals surface area contributed by atoms with Gasteiger partial charge in [-0.25, -0.2) is 4.98 Å². The summed E-state index contributed by atoms with van der Waals surface area (Å²) in [5.41, 5.74) is 3.45. The highest BCUT2D eigenvalue weighted by atomic mass is 32.1. The maximum atomic E-state index is 12.4. The number of carbonyl (C=O) groups excluding carboxylic acids is 1. The lowest BCUT2D eigenvalue weighted by Gasteiger charge is -2.07. The van der Waals surface area contributed by atoms with Crippen LogP contribution in [0.5, 0.6) is 0 Å². The zero-order chi connectivity index (χ0) is 18.8. The van der Waals surface area contributed by atoms with Gasteiger partial charge in [-0.05, 0) is 49.2 Å². The van der Waals surface area contributed by atoms with Crippen LogP contribution < -0.4 is 5.32 Å². The molecule has 4 rings (SSSR count). The lowest BCUT2D eigenvalue weighted by molar-refractivity contribution is 0.102. The third-order valence-electron chi connectivity index (χ3n) is 4.02. The molecule has 0 saturated carbocycles. The van der Waals surface area contributed by atoms with Gasteiger partial charge in [0.15, 0.2) is 0 Å². The number of anilines is 1. The smallest absolute Gasteiger partial charge is 0.257 e. The number of nitrogens with zero attached hydrogens (tertiary/aromatic N) is 4. The number of hydrogen-bond donors (Lipinski definition) is 1. The molecule has 134 valence electrons. The van der Waals surface area contributed by atoms with Gasteiger partial charge in [-0.2, -0.15) is 0 Å². The fourth-order valence-electron chi connectivity index (χ4n) is 2.67. The van der Waals surface area contributed by atoms with E-state index in [2.05, 4.69) is 25.5 Å². The van der Waals surface area contributed by atoms with Crippen LogP contribution in [-0.2, 0) is 0 Å². The van der Waals surface area contributed by atoms with E-state index in [0.717, 1.165) is 26.4 Å². The molecule has 0 radical (unpaired) electrons. The quantitative estimate of drug-likeness (QED) is 0.575. The average molecular weight is 377 g/mol. The average Bonchev–Trinajstić information content (AvgIpc) is 3.32. The minimum atomic E-state index is -0.207. The number of thiophene rings is 1. The fourth-order valence-corrected chi connectivity index (χ4v) is 3.76. The van der Waals surface area contributed by atoms with Gasteiger partial charge in [-0.15, -0.1) is 21.5 Å². The predicted molar refractivity (Wildman–Crippen MR) is 103 cm³/mol. The molecule has 0 bridgehead atoms. The Labute approximate surface area is 159 Å². The molecule has 8 heteroatoms. The van der Waals surface area contributed by atoms with Gasteiger partial charge in [-0.3, -0.25) is 9.78 Å². The number of nitrogens with one attached hydrogen (secondary N) is 1. The van der Waals surface area contributed by atoms with E-state index < -0.39 is 0 Å².